The maximum Gasteiger partial charge on any atom is 0.339 e. The fraction of sp³-hybridized carbons (Fsp3) is 0.500. The van der Waals surface area contributed by atoms with E-state index in [9.17, 15) is 13.2 Å². The van der Waals surface area contributed by atoms with Crippen molar-refractivity contribution in [3.8, 4) is 17.2 Å². The number of amides is 2. The van der Waals surface area contributed by atoms with Crippen LogP contribution in [0.25, 0.3) is 0 Å². The van der Waals surface area contributed by atoms with Gasteiger partial charge in [-0.2, -0.15) is 8.42 Å². The summed E-state index contributed by atoms with van der Waals surface area (Å²) in [6, 6.07) is 10.7. The zero-order valence-corrected chi connectivity index (χ0v) is 21.3. The van der Waals surface area contributed by atoms with Crippen LogP contribution in [-0.2, 0) is 10.1 Å². The third kappa shape index (κ3) is 6.01. The van der Waals surface area contributed by atoms with E-state index in [1.807, 2.05) is 4.90 Å². The maximum atomic E-state index is 12.9. The van der Waals surface area contributed by atoms with Crippen LogP contribution in [0.1, 0.15) is 44.9 Å². The number of anilines is 1. The Labute approximate surface area is 207 Å². The van der Waals surface area contributed by atoms with Gasteiger partial charge >= 0.3 is 16.1 Å². The molecule has 0 atom stereocenters. The third-order valence-electron chi connectivity index (χ3n) is 6.86. The Hall–Kier alpha value is -2.94. The summed E-state index contributed by atoms with van der Waals surface area (Å²) in [7, 11) is -1.09. The highest BCUT2D eigenvalue weighted by atomic mass is 32.2. The summed E-state index contributed by atoms with van der Waals surface area (Å²) in [5.74, 6) is 1.89. The molecule has 2 amide bonds. The monoisotopic (exact) mass is 502 g/mol. The van der Waals surface area contributed by atoms with Gasteiger partial charge in [-0.25, -0.2) is 4.79 Å². The molecule has 1 aliphatic heterocycles. The van der Waals surface area contributed by atoms with Crippen LogP contribution < -0.4 is 18.6 Å². The highest BCUT2D eigenvalue weighted by Crippen LogP contribution is 2.33. The summed E-state index contributed by atoms with van der Waals surface area (Å²) < 4.78 is 41.2. The average molecular weight is 503 g/mol. The molecular formula is C26H34N2O6S. The minimum Gasteiger partial charge on any atom is -0.493 e. The van der Waals surface area contributed by atoms with E-state index in [1.165, 1.54) is 70.6 Å². The summed E-state index contributed by atoms with van der Waals surface area (Å²) in [5.41, 5.74) is 0.674. The molecule has 2 aliphatic rings. The zero-order valence-electron chi connectivity index (χ0n) is 20.4. The van der Waals surface area contributed by atoms with Gasteiger partial charge in [-0.1, -0.05) is 38.5 Å². The molecule has 190 valence electrons. The van der Waals surface area contributed by atoms with Gasteiger partial charge in [0.2, 0.25) is 0 Å². The van der Waals surface area contributed by atoms with Gasteiger partial charge in [0.15, 0.2) is 11.5 Å². The smallest absolute Gasteiger partial charge is 0.339 e. The molecular weight excluding hydrogens is 468 g/mol. The molecule has 1 saturated heterocycles. The van der Waals surface area contributed by atoms with Crippen molar-refractivity contribution in [3.05, 3.63) is 42.5 Å². The van der Waals surface area contributed by atoms with Crippen molar-refractivity contribution in [1.82, 2.24) is 4.90 Å². The van der Waals surface area contributed by atoms with Crippen LogP contribution in [0.5, 0.6) is 17.2 Å². The zero-order chi connectivity index (χ0) is 24.8. The van der Waals surface area contributed by atoms with Gasteiger partial charge in [0.25, 0.3) is 0 Å². The van der Waals surface area contributed by atoms with Crippen LogP contribution in [0.4, 0.5) is 10.5 Å². The van der Waals surface area contributed by atoms with Crippen LogP contribution in [-0.4, -0.2) is 53.2 Å². The van der Waals surface area contributed by atoms with Crippen molar-refractivity contribution < 1.29 is 26.9 Å². The summed E-state index contributed by atoms with van der Waals surface area (Å²) >= 11 is 0. The molecule has 2 fully saturated rings. The van der Waals surface area contributed by atoms with Crippen molar-refractivity contribution >= 4 is 21.8 Å². The van der Waals surface area contributed by atoms with Crippen LogP contribution in [0.3, 0.4) is 0 Å². The first-order valence-electron chi connectivity index (χ1n) is 12.2. The predicted octanol–water partition coefficient (Wildman–Crippen LogP) is 5.07. The fourth-order valence-corrected chi connectivity index (χ4v) is 5.48. The highest BCUT2D eigenvalue weighted by Gasteiger charge is 2.29. The second-order valence-corrected chi connectivity index (χ2v) is 10.7. The lowest BCUT2D eigenvalue weighted by atomic mass is 9.82. The average Bonchev–Trinajstić information content (AvgIpc) is 3.20. The van der Waals surface area contributed by atoms with Crippen molar-refractivity contribution in [2.45, 2.75) is 49.8 Å². The normalized spacial score (nSPS) is 16.3. The summed E-state index contributed by atoms with van der Waals surface area (Å²) in [5, 5.41) is 0. The molecule has 1 heterocycles. The number of carbonyl (C=O) groups excluding carboxylic acids is 1. The molecule has 2 aromatic carbocycles. The first kappa shape index (κ1) is 25.2. The quantitative estimate of drug-likeness (QED) is 0.297. The molecule has 0 aromatic heterocycles. The lowest BCUT2D eigenvalue weighted by Gasteiger charge is -2.25. The largest absolute Gasteiger partial charge is 0.493 e. The number of unbranched alkanes of at least 4 members (excludes halogenated alkanes) is 2. The second-order valence-electron chi connectivity index (χ2n) is 9.12. The van der Waals surface area contributed by atoms with Crippen LogP contribution in [0.2, 0.25) is 0 Å². The van der Waals surface area contributed by atoms with Gasteiger partial charge in [-0.3, -0.25) is 4.90 Å². The predicted molar refractivity (Wildman–Crippen MR) is 134 cm³/mol. The molecule has 0 unspecified atom stereocenters. The molecule has 1 aliphatic carbocycles. The first-order valence-corrected chi connectivity index (χ1v) is 13.6. The number of hydrogen-bond acceptors (Lipinski definition) is 6. The van der Waals surface area contributed by atoms with Crippen molar-refractivity contribution in [2.75, 3.05) is 38.8 Å². The Morgan fingerprint density at radius 3 is 2.31 bits per heavy atom. The number of rotatable bonds is 12. The van der Waals surface area contributed by atoms with Crippen LogP contribution >= 0.6 is 0 Å². The molecule has 0 N–H and O–H groups in total. The molecule has 0 radical (unpaired) electrons. The van der Waals surface area contributed by atoms with Crippen molar-refractivity contribution in [2.24, 2.45) is 5.92 Å². The number of benzene rings is 2. The summed E-state index contributed by atoms with van der Waals surface area (Å²) in [6.07, 6.45) is 8.93. The van der Waals surface area contributed by atoms with E-state index >= 15 is 0 Å². The molecule has 9 heteroatoms. The van der Waals surface area contributed by atoms with E-state index < -0.39 is 10.1 Å². The van der Waals surface area contributed by atoms with Crippen molar-refractivity contribution in [1.29, 1.82) is 0 Å². The van der Waals surface area contributed by atoms with E-state index in [0.29, 0.717) is 30.3 Å². The molecule has 35 heavy (non-hydrogen) atoms. The second kappa shape index (κ2) is 11.2. The Morgan fingerprint density at radius 2 is 1.66 bits per heavy atom. The van der Waals surface area contributed by atoms with E-state index in [0.717, 1.165) is 25.3 Å². The van der Waals surface area contributed by atoms with Gasteiger partial charge < -0.3 is 18.6 Å². The minimum atomic E-state index is -4.05. The van der Waals surface area contributed by atoms with E-state index in [4.69, 9.17) is 13.7 Å². The van der Waals surface area contributed by atoms with Gasteiger partial charge in [-0.15, -0.1) is 0 Å². The molecule has 0 spiro atoms. The molecule has 0 bridgehead atoms. The van der Waals surface area contributed by atoms with E-state index in [2.05, 4.69) is 0 Å². The Bertz CT molecular complexity index is 1120. The van der Waals surface area contributed by atoms with Gasteiger partial charge in [0.1, 0.15) is 10.6 Å². The number of nitrogens with zero attached hydrogens (tertiary/aromatic N) is 2. The maximum absolute atomic E-state index is 12.9. The standard InChI is InChI=1S/C26H34N2O6S/c1-32-24-15-12-22(19-25(24)33-2)34-35(30,31)23-13-10-21(11-14-23)28-18-17-27(26(28)29)16-5-3-4-7-20-8-6-9-20/h10-15,19-20H,3-9,16-18H2,1-2H3. The number of carbonyl (C=O) groups is 1. The van der Waals surface area contributed by atoms with Crippen LogP contribution in [0.15, 0.2) is 47.4 Å². The Kier molecular flexibility index (Phi) is 8.05. The number of ether oxygens (including phenoxy) is 2. The lowest BCUT2D eigenvalue weighted by molar-refractivity contribution is 0.219. The van der Waals surface area contributed by atoms with Crippen molar-refractivity contribution in [3.63, 3.8) is 0 Å². The van der Waals surface area contributed by atoms with Crippen LogP contribution in [0, 0.1) is 5.92 Å². The van der Waals surface area contributed by atoms with E-state index in [1.54, 1.807) is 23.1 Å². The number of urea groups is 1. The lowest BCUT2D eigenvalue weighted by Crippen LogP contribution is -2.32. The number of hydrogen-bond donors (Lipinski definition) is 0. The summed E-state index contributed by atoms with van der Waals surface area (Å²) in [6.45, 7) is 2.05. The Balaban J connectivity index is 1.32. The number of methoxy groups -OCH3 is 2. The summed E-state index contributed by atoms with van der Waals surface area (Å²) in [4.78, 5) is 16.4. The minimum absolute atomic E-state index is 0.00556. The Morgan fingerprint density at radius 1 is 0.914 bits per heavy atom. The molecule has 1 saturated carbocycles. The topological polar surface area (TPSA) is 85.4 Å². The SMILES string of the molecule is COc1ccc(OS(=O)(=O)c2ccc(N3CCN(CCCCCC4CCC4)C3=O)cc2)cc1OC. The highest BCUT2D eigenvalue weighted by molar-refractivity contribution is 7.87. The van der Waals surface area contributed by atoms with E-state index in [-0.39, 0.29) is 16.7 Å². The molecule has 4 rings (SSSR count). The third-order valence-corrected chi connectivity index (χ3v) is 8.12. The van der Waals surface area contributed by atoms with Gasteiger partial charge in [0.05, 0.1) is 14.2 Å². The van der Waals surface area contributed by atoms with Gasteiger partial charge in [-0.05, 0) is 48.7 Å². The fourth-order valence-electron chi connectivity index (χ4n) is 4.56. The molecule has 8 nitrogen and oxygen atoms in total. The van der Waals surface area contributed by atoms with Gasteiger partial charge in [0, 0.05) is 31.4 Å². The molecule has 2 aromatic rings. The first-order chi connectivity index (χ1) is 16.9.